The molecule has 1 N–H and O–H groups in total. The van der Waals surface area contributed by atoms with E-state index in [1.807, 2.05) is 11.3 Å². The number of piperidine rings is 1. The number of hydrogen-bond acceptors (Lipinski definition) is 3. The lowest BCUT2D eigenvalue weighted by Gasteiger charge is -2.34. The Balaban J connectivity index is 1.73. The molecular weight excluding hydrogens is 228 g/mol. The number of hydrogen-bond donors (Lipinski definition) is 1. The molecule has 0 aliphatic carbocycles. The molecule has 2 nitrogen and oxygen atoms in total. The first-order chi connectivity index (χ1) is 8.24. The van der Waals surface area contributed by atoms with Crippen LogP contribution in [0.5, 0.6) is 0 Å². The summed E-state index contributed by atoms with van der Waals surface area (Å²) in [6.45, 7) is 8.21. The zero-order chi connectivity index (χ0) is 12.1. The average molecular weight is 252 g/mol. The third kappa shape index (κ3) is 4.41. The highest BCUT2D eigenvalue weighted by molar-refractivity contribution is 7.09. The van der Waals surface area contributed by atoms with Gasteiger partial charge >= 0.3 is 0 Å². The van der Waals surface area contributed by atoms with Crippen LogP contribution in [0.2, 0.25) is 0 Å². The summed E-state index contributed by atoms with van der Waals surface area (Å²) in [5, 5.41) is 5.84. The average Bonchev–Trinajstić information content (AvgIpc) is 2.79. The first-order valence-corrected chi connectivity index (χ1v) is 7.63. The first-order valence-electron chi connectivity index (χ1n) is 6.75. The predicted molar refractivity (Wildman–Crippen MR) is 75.8 cm³/mol. The lowest BCUT2D eigenvalue weighted by molar-refractivity contribution is 0.187. The van der Waals surface area contributed by atoms with E-state index in [1.54, 1.807) is 0 Å². The van der Waals surface area contributed by atoms with Crippen LogP contribution in [-0.4, -0.2) is 36.6 Å². The van der Waals surface area contributed by atoms with Crippen molar-refractivity contribution >= 4 is 11.3 Å². The standard InChI is InChI=1S/C14H24N2S/c1-12(2)15-13-5-3-8-16(11-13)9-7-14-6-4-10-17-14/h4,6,10,12-13,15H,3,5,7-9,11H2,1-2H3. The van der Waals surface area contributed by atoms with E-state index < -0.39 is 0 Å². The molecule has 1 unspecified atom stereocenters. The molecule has 0 radical (unpaired) electrons. The van der Waals surface area contributed by atoms with Crippen LogP contribution < -0.4 is 5.32 Å². The quantitative estimate of drug-likeness (QED) is 0.867. The van der Waals surface area contributed by atoms with Gasteiger partial charge in [0.15, 0.2) is 0 Å². The van der Waals surface area contributed by atoms with Gasteiger partial charge in [0, 0.05) is 30.1 Å². The van der Waals surface area contributed by atoms with Gasteiger partial charge in [-0.15, -0.1) is 11.3 Å². The molecule has 0 spiro atoms. The Hall–Kier alpha value is -0.380. The van der Waals surface area contributed by atoms with Gasteiger partial charge in [-0.3, -0.25) is 0 Å². The maximum absolute atomic E-state index is 3.67. The Bertz CT molecular complexity index is 308. The van der Waals surface area contributed by atoms with Gasteiger partial charge < -0.3 is 10.2 Å². The third-order valence-corrected chi connectivity index (χ3v) is 4.27. The molecule has 1 aromatic rings. The van der Waals surface area contributed by atoms with Gasteiger partial charge in [-0.1, -0.05) is 19.9 Å². The highest BCUT2D eigenvalue weighted by Crippen LogP contribution is 2.14. The number of likely N-dealkylation sites (tertiary alicyclic amines) is 1. The zero-order valence-electron chi connectivity index (χ0n) is 11.0. The van der Waals surface area contributed by atoms with Crippen molar-refractivity contribution in [2.24, 2.45) is 0 Å². The van der Waals surface area contributed by atoms with Crippen molar-refractivity contribution in [3.8, 4) is 0 Å². The molecule has 1 saturated heterocycles. The molecule has 1 fully saturated rings. The summed E-state index contributed by atoms with van der Waals surface area (Å²) < 4.78 is 0. The van der Waals surface area contributed by atoms with Gasteiger partial charge in [-0.2, -0.15) is 0 Å². The van der Waals surface area contributed by atoms with Gasteiger partial charge in [-0.05, 0) is 37.3 Å². The Morgan fingerprint density at radius 2 is 2.41 bits per heavy atom. The van der Waals surface area contributed by atoms with Crippen molar-refractivity contribution in [2.45, 2.75) is 45.2 Å². The van der Waals surface area contributed by atoms with Crippen molar-refractivity contribution in [2.75, 3.05) is 19.6 Å². The highest BCUT2D eigenvalue weighted by Gasteiger charge is 2.19. The summed E-state index contributed by atoms with van der Waals surface area (Å²) in [5.74, 6) is 0. The van der Waals surface area contributed by atoms with Crippen molar-refractivity contribution in [3.63, 3.8) is 0 Å². The summed E-state index contributed by atoms with van der Waals surface area (Å²) in [6.07, 6.45) is 3.90. The fourth-order valence-corrected chi connectivity index (χ4v) is 3.29. The number of nitrogens with one attached hydrogen (secondary N) is 1. The number of nitrogens with zero attached hydrogens (tertiary/aromatic N) is 1. The van der Waals surface area contributed by atoms with E-state index in [0.29, 0.717) is 12.1 Å². The molecule has 0 amide bonds. The Morgan fingerprint density at radius 1 is 1.53 bits per heavy atom. The van der Waals surface area contributed by atoms with Gasteiger partial charge in [0.25, 0.3) is 0 Å². The summed E-state index contributed by atoms with van der Waals surface area (Å²) in [6, 6.07) is 5.71. The van der Waals surface area contributed by atoms with Gasteiger partial charge in [-0.25, -0.2) is 0 Å². The van der Waals surface area contributed by atoms with Gasteiger partial charge in [0.05, 0.1) is 0 Å². The maximum Gasteiger partial charge on any atom is 0.0197 e. The van der Waals surface area contributed by atoms with E-state index in [2.05, 4.69) is 41.6 Å². The predicted octanol–water partition coefficient (Wildman–Crippen LogP) is 2.75. The minimum atomic E-state index is 0.609. The Kier molecular flexibility index (Phi) is 5.01. The SMILES string of the molecule is CC(C)NC1CCCN(CCc2cccs2)C1. The molecule has 1 aromatic heterocycles. The molecule has 0 bridgehead atoms. The first kappa shape index (κ1) is 13.1. The fraction of sp³-hybridized carbons (Fsp3) is 0.714. The second kappa shape index (κ2) is 6.53. The fourth-order valence-electron chi connectivity index (χ4n) is 2.59. The summed E-state index contributed by atoms with van der Waals surface area (Å²) >= 11 is 1.88. The molecule has 1 atom stereocenters. The molecule has 3 heteroatoms. The van der Waals surface area contributed by atoms with Crippen molar-refractivity contribution in [1.82, 2.24) is 10.2 Å². The second-order valence-electron chi connectivity index (χ2n) is 5.29. The summed E-state index contributed by atoms with van der Waals surface area (Å²) in [7, 11) is 0. The minimum absolute atomic E-state index is 0.609. The maximum atomic E-state index is 3.67. The third-order valence-electron chi connectivity index (χ3n) is 3.33. The molecular formula is C14H24N2S. The van der Waals surface area contributed by atoms with Crippen molar-refractivity contribution in [3.05, 3.63) is 22.4 Å². The molecule has 96 valence electrons. The highest BCUT2D eigenvalue weighted by atomic mass is 32.1. The number of thiophene rings is 1. The molecule has 0 aromatic carbocycles. The lowest BCUT2D eigenvalue weighted by Crippen LogP contribution is -2.48. The van der Waals surface area contributed by atoms with Crippen LogP contribution >= 0.6 is 11.3 Å². The molecule has 2 heterocycles. The molecule has 0 saturated carbocycles. The monoisotopic (exact) mass is 252 g/mol. The normalized spacial score (nSPS) is 22.2. The van der Waals surface area contributed by atoms with E-state index in [0.717, 1.165) is 0 Å². The van der Waals surface area contributed by atoms with Crippen molar-refractivity contribution in [1.29, 1.82) is 0 Å². The molecule has 2 rings (SSSR count). The molecule has 17 heavy (non-hydrogen) atoms. The second-order valence-corrected chi connectivity index (χ2v) is 6.32. The molecule has 1 aliphatic rings. The van der Waals surface area contributed by atoms with Gasteiger partial charge in [0.1, 0.15) is 0 Å². The topological polar surface area (TPSA) is 15.3 Å². The van der Waals surface area contributed by atoms with Crippen molar-refractivity contribution < 1.29 is 0 Å². The van der Waals surface area contributed by atoms with Gasteiger partial charge in [0.2, 0.25) is 0 Å². The van der Waals surface area contributed by atoms with Crippen LogP contribution in [0.1, 0.15) is 31.6 Å². The zero-order valence-corrected chi connectivity index (χ0v) is 11.8. The van der Waals surface area contributed by atoms with E-state index in [4.69, 9.17) is 0 Å². The summed E-state index contributed by atoms with van der Waals surface area (Å²) in [4.78, 5) is 4.13. The van der Waals surface area contributed by atoms with Crippen LogP contribution in [0.15, 0.2) is 17.5 Å². The Labute approximate surface area is 109 Å². The Morgan fingerprint density at radius 3 is 3.12 bits per heavy atom. The van der Waals surface area contributed by atoms with Crippen LogP contribution in [-0.2, 0) is 6.42 Å². The van der Waals surface area contributed by atoms with Crippen LogP contribution in [0, 0.1) is 0 Å². The smallest absolute Gasteiger partial charge is 0.0197 e. The van der Waals surface area contributed by atoms with E-state index in [9.17, 15) is 0 Å². The lowest BCUT2D eigenvalue weighted by atomic mass is 10.0. The molecule has 1 aliphatic heterocycles. The van der Waals surface area contributed by atoms with E-state index >= 15 is 0 Å². The number of rotatable bonds is 5. The van der Waals surface area contributed by atoms with E-state index in [-0.39, 0.29) is 0 Å². The van der Waals surface area contributed by atoms with Crippen LogP contribution in [0.25, 0.3) is 0 Å². The summed E-state index contributed by atoms with van der Waals surface area (Å²) in [5.41, 5.74) is 0. The largest absolute Gasteiger partial charge is 0.311 e. The van der Waals surface area contributed by atoms with Crippen LogP contribution in [0.4, 0.5) is 0 Å². The van der Waals surface area contributed by atoms with Crippen LogP contribution in [0.3, 0.4) is 0 Å². The van der Waals surface area contributed by atoms with E-state index in [1.165, 1.54) is 43.8 Å². The minimum Gasteiger partial charge on any atom is -0.311 e.